The van der Waals surface area contributed by atoms with Gasteiger partial charge in [-0.15, -0.1) is 0 Å². The van der Waals surface area contributed by atoms with Crippen LogP contribution in [0.3, 0.4) is 0 Å². The first-order valence-corrected chi connectivity index (χ1v) is 12.7. The molecule has 2 saturated heterocycles. The second-order valence-corrected chi connectivity index (χ2v) is 10.5. The molecule has 3 heterocycles. The highest BCUT2D eigenvalue weighted by Gasteiger charge is 2.45. The number of rotatable bonds is 8. The van der Waals surface area contributed by atoms with E-state index in [0.29, 0.717) is 0 Å². The zero-order chi connectivity index (χ0) is 25.4. The number of aliphatic hydroxyl groups excluding tert-OH is 4. The number of nitrogen functional groups attached to an aromatic ring is 1. The van der Waals surface area contributed by atoms with Crippen LogP contribution in [0.15, 0.2) is 17.1 Å². The van der Waals surface area contributed by atoms with E-state index in [1.54, 1.807) is 0 Å². The molecular weight excluding hydrogens is 508 g/mol. The number of nitrogens with zero attached hydrogens (tertiary/aromatic N) is 2. The average Bonchev–Trinajstić information content (AvgIpc) is 2.98. The van der Waals surface area contributed by atoms with Gasteiger partial charge in [-0.25, -0.2) is 9.11 Å². The lowest BCUT2D eigenvalue weighted by Gasteiger charge is -2.39. The van der Waals surface area contributed by atoms with Crippen LogP contribution in [0.1, 0.15) is 19.6 Å². The van der Waals surface area contributed by atoms with Gasteiger partial charge in [-0.3, -0.25) is 18.2 Å². The number of ether oxygens (including phenoxy) is 2. The van der Waals surface area contributed by atoms with Crippen molar-refractivity contribution in [1.82, 2.24) is 9.55 Å². The van der Waals surface area contributed by atoms with E-state index < -0.39 is 77.1 Å². The van der Waals surface area contributed by atoms with Crippen LogP contribution in [0.2, 0.25) is 0 Å². The number of nitrogens with two attached hydrogens (primary N) is 1. The summed E-state index contributed by atoms with van der Waals surface area (Å²) in [6, 6.07) is 1.22. The van der Waals surface area contributed by atoms with Crippen molar-refractivity contribution in [2.45, 2.75) is 62.5 Å². The van der Waals surface area contributed by atoms with Gasteiger partial charge in [0.1, 0.15) is 30.2 Å². The standard InChI is InChI=1S/C15H25N3O14P2/c1-6-7(19)4-8(20)14(29-6)31-34(26,27)32-33(24,25)28-5-9-11(21)12(22)13(30-9)18-3-2-10(16)17-15(18)23/h2-3,6-9,11-14,19-22H,4-5H2,1H3,(H,24,25)(H,26,27)(H2,16,17,23)/p-2/t6-,7+,8-,9-,11-,12-,13-,14?/m1/s1. The molecule has 2 aliphatic rings. The van der Waals surface area contributed by atoms with Crippen molar-refractivity contribution < 1.29 is 62.2 Å². The Morgan fingerprint density at radius 3 is 2.50 bits per heavy atom. The van der Waals surface area contributed by atoms with E-state index in [1.807, 2.05) is 0 Å². The zero-order valence-corrected chi connectivity index (χ0v) is 19.2. The molecule has 6 N–H and O–H groups in total. The Balaban J connectivity index is 1.59. The van der Waals surface area contributed by atoms with Crippen LogP contribution in [0, 0.1) is 0 Å². The van der Waals surface area contributed by atoms with E-state index >= 15 is 0 Å². The van der Waals surface area contributed by atoms with Gasteiger partial charge in [0, 0.05) is 12.6 Å². The lowest BCUT2D eigenvalue weighted by Crippen LogP contribution is -2.47. The monoisotopic (exact) mass is 531 g/mol. The zero-order valence-electron chi connectivity index (χ0n) is 17.4. The molecule has 0 spiro atoms. The second kappa shape index (κ2) is 10.4. The Kier molecular flexibility index (Phi) is 8.32. The molecular formula is C15H23N3O14P2-2. The third-order valence-electron chi connectivity index (χ3n) is 4.98. The number of aromatic nitrogens is 2. The minimum atomic E-state index is -5.66. The predicted molar refractivity (Wildman–Crippen MR) is 103 cm³/mol. The lowest BCUT2D eigenvalue weighted by atomic mass is 10.0. The van der Waals surface area contributed by atoms with Crippen molar-refractivity contribution in [3.05, 3.63) is 22.7 Å². The van der Waals surface area contributed by atoms with Gasteiger partial charge < -0.3 is 49.9 Å². The molecule has 10 atom stereocenters. The summed E-state index contributed by atoms with van der Waals surface area (Å²) in [5.41, 5.74) is 4.45. The van der Waals surface area contributed by atoms with Gasteiger partial charge in [-0.05, 0) is 13.0 Å². The number of phosphoric ester groups is 2. The number of aliphatic hydroxyl groups is 4. The summed E-state index contributed by atoms with van der Waals surface area (Å²) >= 11 is 0. The Labute approximate surface area is 191 Å². The Hall–Kier alpha value is -1.30. The first-order chi connectivity index (χ1) is 15.7. The molecule has 19 heteroatoms. The average molecular weight is 531 g/mol. The molecule has 2 fully saturated rings. The maximum Gasteiger partial charge on any atom is 0.351 e. The van der Waals surface area contributed by atoms with Crippen LogP contribution < -0.4 is 21.2 Å². The summed E-state index contributed by atoms with van der Waals surface area (Å²) in [7, 11) is -11.3. The number of anilines is 1. The molecule has 0 bridgehead atoms. The van der Waals surface area contributed by atoms with Gasteiger partial charge in [-0.1, -0.05) is 0 Å². The van der Waals surface area contributed by atoms with Crippen molar-refractivity contribution in [2.24, 2.45) is 0 Å². The third kappa shape index (κ3) is 6.47. The fraction of sp³-hybridized carbons (Fsp3) is 0.733. The van der Waals surface area contributed by atoms with Crippen LogP contribution in [-0.2, 0) is 32.0 Å². The van der Waals surface area contributed by atoms with E-state index in [4.69, 9.17) is 15.2 Å². The molecule has 3 rings (SSSR count). The summed E-state index contributed by atoms with van der Waals surface area (Å²) < 4.78 is 47.7. The highest BCUT2D eigenvalue weighted by molar-refractivity contribution is 7.59. The fourth-order valence-electron chi connectivity index (χ4n) is 3.21. The minimum Gasteiger partial charge on any atom is -0.756 e. The summed E-state index contributed by atoms with van der Waals surface area (Å²) in [4.78, 5) is 39.3. The molecule has 194 valence electrons. The molecule has 0 aromatic carbocycles. The predicted octanol–water partition coefficient (Wildman–Crippen LogP) is -3.71. The molecule has 1 aromatic rings. The van der Waals surface area contributed by atoms with Crippen LogP contribution in [0.4, 0.5) is 5.82 Å². The van der Waals surface area contributed by atoms with Crippen molar-refractivity contribution in [3.8, 4) is 0 Å². The SMILES string of the molecule is C[C@H]1OC(OP(=O)([O-])OP(=O)([O-])OC[C@H]2O[C@@H](n3ccc(N)nc3=O)[C@H](O)[C@@H]2O)[C@H](O)C[C@@H]1O. The molecule has 0 aliphatic carbocycles. The van der Waals surface area contributed by atoms with Crippen molar-refractivity contribution in [2.75, 3.05) is 12.3 Å². The van der Waals surface area contributed by atoms with Crippen LogP contribution in [-0.4, -0.2) is 79.5 Å². The van der Waals surface area contributed by atoms with E-state index in [-0.39, 0.29) is 12.2 Å². The second-order valence-electron chi connectivity index (χ2n) is 7.55. The largest absolute Gasteiger partial charge is 0.756 e. The Bertz CT molecular complexity index is 1020. The molecule has 2 aliphatic heterocycles. The number of phosphoric acid groups is 2. The van der Waals surface area contributed by atoms with Gasteiger partial charge in [0.2, 0.25) is 0 Å². The Morgan fingerprint density at radius 2 is 1.85 bits per heavy atom. The molecule has 34 heavy (non-hydrogen) atoms. The van der Waals surface area contributed by atoms with E-state index in [2.05, 4.69) is 18.3 Å². The Morgan fingerprint density at radius 1 is 1.18 bits per heavy atom. The molecule has 0 saturated carbocycles. The van der Waals surface area contributed by atoms with Crippen molar-refractivity contribution in [1.29, 1.82) is 0 Å². The quantitative estimate of drug-likeness (QED) is 0.202. The number of hydrogen-bond acceptors (Lipinski definition) is 16. The first-order valence-electron chi connectivity index (χ1n) is 9.73. The smallest absolute Gasteiger partial charge is 0.351 e. The van der Waals surface area contributed by atoms with Gasteiger partial charge in [0.05, 0.1) is 18.8 Å². The maximum atomic E-state index is 12.0. The van der Waals surface area contributed by atoms with Crippen LogP contribution in [0.25, 0.3) is 0 Å². The van der Waals surface area contributed by atoms with Gasteiger partial charge >= 0.3 is 5.69 Å². The molecule has 3 unspecified atom stereocenters. The van der Waals surface area contributed by atoms with E-state index in [1.165, 1.54) is 13.0 Å². The summed E-state index contributed by atoms with van der Waals surface area (Å²) in [6.07, 6.45) is -11.1. The van der Waals surface area contributed by atoms with Crippen molar-refractivity contribution >= 4 is 21.5 Å². The normalized spacial score (nSPS) is 37.7. The topological polar surface area (TPSA) is 268 Å². The van der Waals surface area contributed by atoms with Crippen LogP contribution in [0.5, 0.6) is 0 Å². The molecule has 0 amide bonds. The summed E-state index contributed by atoms with van der Waals surface area (Å²) in [6.45, 7) is 0.354. The van der Waals surface area contributed by atoms with E-state index in [9.17, 15) is 44.1 Å². The summed E-state index contributed by atoms with van der Waals surface area (Å²) in [5.74, 6) is -0.111. The minimum absolute atomic E-state index is 0.111. The lowest BCUT2D eigenvalue weighted by molar-refractivity contribution is -0.281. The third-order valence-corrected chi connectivity index (χ3v) is 7.51. The fourth-order valence-corrected chi connectivity index (χ4v) is 5.31. The highest BCUT2D eigenvalue weighted by Crippen LogP contribution is 2.57. The number of hydrogen-bond donors (Lipinski definition) is 5. The molecule has 17 nitrogen and oxygen atoms in total. The maximum absolute atomic E-state index is 12.0. The van der Waals surface area contributed by atoms with Gasteiger partial charge in [0.25, 0.3) is 15.6 Å². The van der Waals surface area contributed by atoms with Gasteiger partial charge in [0.15, 0.2) is 12.5 Å². The van der Waals surface area contributed by atoms with Crippen molar-refractivity contribution in [3.63, 3.8) is 0 Å². The van der Waals surface area contributed by atoms with Gasteiger partial charge in [-0.2, -0.15) is 4.98 Å². The highest BCUT2D eigenvalue weighted by atomic mass is 31.3. The first kappa shape index (κ1) is 27.3. The molecule has 0 radical (unpaired) electrons. The van der Waals surface area contributed by atoms with E-state index in [0.717, 1.165) is 10.8 Å². The summed E-state index contributed by atoms with van der Waals surface area (Å²) in [5, 5.41) is 39.6. The molecule has 1 aromatic heterocycles. The van der Waals surface area contributed by atoms with Crippen LogP contribution >= 0.6 is 15.6 Å².